The van der Waals surface area contributed by atoms with Crippen LogP contribution in [0.2, 0.25) is 0 Å². The Morgan fingerprint density at radius 1 is 1.03 bits per heavy atom. The summed E-state index contributed by atoms with van der Waals surface area (Å²) in [7, 11) is 0. The molecule has 0 fully saturated rings. The molecule has 31 heavy (non-hydrogen) atoms. The number of hydrogen-bond donors (Lipinski definition) is 0. The van der Waals surface area contributed by atoms with Gasteiger partial charge in [0.1, 0.15) is 23.9 Å². The summed E-state index contributed by atoms with van der Waals surface area (Å²) in [5.41, 5.74) is 2.54. The molecule has 0 bridgehead atoms. The minimum atomic E-state index is -0.502. The van der Waals surface area contributed by atoms with Crippen LogP contribution in [-0.4, -0.2) is 18.4 Å². The second kappa shape index (κ2) is 8.83. The normalized spacial score (nSPS) is 13.6. The number of Topliss-reactive ketones (excluding diaryl/α,β-unsaturated/α-hetero) is 1. The molecular weight excluding hydrogens is 399 g/mol. The summed E-state index contributed by atoms with van der Waals surface area (Å²) in [5, 5.41) is 0. The first kappa shape index (κ1) is 20.3. The smallest absolute Gasteiger partial charge is 0.344 e. The SMILES string of the molecule is Cc1c(OCC(=O)OCc2ccccc2)ccc2c1O/C(=C\c1ccc(F)cc1)C2=O. The van der Waals surface area contributed by atoms with Crippen LogP contribution in [0.4, 0.5) is 4.39 Å². The number of ether oxygens (including phenoxy) is 3. The second-order valence-electron chi connectivity index (χ2n) is 6.99. The van der Waals surface area contributed by atoms with Gasteiger partial charge in [0, 0.05) is 5.56 Å². The van der Waals surface area contributed by atoms with Crippen LogP contribution in [0.5, 0.6) is 11.5 Å². The molecule has 1 heterocycles. The zero-order valence-corrected chi connectivity index (χ0v) is 16.8. The molecular formula is C25H19FO5. The van der Waals surface area contributed by atoms with E-state index in [-0.39, 0.29) is 30.6 Å². The molecule has 0 N–H and O–H groups in total. The molecule has 0 aromatic heterocycles. The summed E-state index contributed by atoms with van der Waals surface area (Å²) in [5.74, 6) is -0.179. The zero-order chi connectivity index (χ0) is 21.8. The lowest BCUT2D eigenvalue weighted by Gasteiger charge is -2.11. The van der Waals surface area contributed by atoms with Gasteiger partial charge in [-0.1, -0.05) is 42.5 Å². The largest absolute Gasteiger partial charge is 0.481 e. The summed E-state index contributed by atoms with van der Waals surface area (Å²) in [6, 6.07) is 18.3. The molecule has 3 aromatic rings. The molecule has 0 amide bonds. The van der Waals surface area contributed by atoms with Crippen molar-refractivity contribution in [3.63, 3.8) is 0 Å². The molecule has 0 saturated carbocycles. The van der Waals surface area contributed by atoms with Gasteiger partial charge in [0.2, 0.25) is 5.78 Å². The van der Waals surface area contributed by atoms with Crippen molar-refractivity contribution >= 4 is 17.8 Å². The lowest BCUT2D eigenvalue weighted by atomic mass is 10.1. The van der Waals surface area contributed by atoms with Gasteiger partial charge in [-0.2, -0.15) is 0 Å². The van der Waals surface area contributed by atoms with Gasteiger partial charge in [-0.15, -0.1) is 0 Å². The van der Waals surface area contributed by atoms with Crippen molar-refractivity contribution in [2.45, 2.75) is 13.5 Å². The maximum absolute atomic E-state index is 13.1. The molecule has 0 spiro atoms. The number of ketones is 1. The number of benzene rings is 3. The third-order valence-electron chi connectivity index (χ3n) is 4.79. The van der Waals surface area contributed by atoms with E-state index >= 15 is 0 Å². The van der Waals surface area contributed by atoms with Gasteiger partial charge in [-0.05, 0) is 48.4 Å². The van der Waals surface area contributed by atoms with Gasteiger partial charge in [0.05, 0.1) is 5.56 Å². The Bertz CT molecular complexity index is 1150. The molecule has 0 atom stereocenters. The van der Waals surface area contributed by atoms with E-state index in [9.17, 15) is 14.0 Å². The van der Waals surface area contributed by atoms with E-state index in [2.05, 4.69) is 0 Å². The van der Waals surface area contributed by atoms with E-state index in [0.717, 1.165) is 5.56 Å². The van der Waals surface area contributed by atoms with Crippen molar-refractivity contribution in [3.8, 4) is 11.5 Å². The van der Waals surface area contributed by atoms with E-state index in [1.165, 1.54) is 12.1 Å². The van der Waals surface area contributed by atoms with Gasteiger partial charge < -0.3 is 14.2 Å². The number of rotatable bonds is 6. The zero-order valence-electron chi connectivity index (χ0n) is 16.8. The summed E-state index contributed by atoms with van der Waals surface area (Å²) in [6.07, 6.45) is 1.56. The fraction of sp³-hybridized carbons (Fsp3) is 0.120. The number of halogens is 1. The summed E-state index contributed by atoms with van der Waals surface area (Å²) in [6.45, 7) is 1.65. The van der Waals surface area contributed by atoms with Gasteiger partial charge >= 0.3 is 5.97 Å². The Kier molecular flexibility index (Phi) is 5.80. The second-order valence-corrected chi connectivity index (χ2v) is 6.99. The highest BCUT2D eigenvalue weighted by atomic mass is 19.1. The third-order valence-corrected chi connectivity index (χ3v) is 4.79. The molecule has 5 nitrogen and oxygen atoms in total. The highest BCUT2D eigenvalue weighted by Crippen LogP contribution is 2.39. The van der Waals surface area contributed by atoms with Crippen molar-refractivity contribution in [2.24, 2.45) is 0 Å². The predicted octanol–water partition coefficient (Wildman–Crippen LogP) is 4.87. The van der Waals surface area contributed by atoms with Crippen molar-refractivity contribution in [1.82, 2.24) is 0 Å². The Balaban J connectivity index is 1.42. The van der Waals surface area contributed by atoms with Gasteiger partial charge in [0.15, 0.2) is 12.4 Å². The number of carbonyl (C=O) groups excluding carboxylic acids is 2. The van der Waals surface area contributed by atoms with Gasteiger partial charge in [0.25, 0.3) is 0 Å². The van der Waals surface area contributed by atoms with E-state index in [0.29, 0.717) is 28.2 Å². The molecule has 6 heteroatoms. The molecule has 0 saturated heterocycles. The number of allylic oxidation sites excluding steroid dienone is 1. The fourth-order valence-electron chi connectivity index (χ4n) is 3.15. The van der Waals surface area contributed by atoms with Crippen LogP contribution in [-0.2, 0) is 16.1 Å². The van der Waals surface area contributed by atoms with Crippen LogP contribution >= 0.6 is 0 Å². The molecule has 1 aliphatic heterocycles. The monoisotopic (exact) mass is 418 g/mol. The van der Waals surface area contributed by atoms with E-state index in [4.69, 9.17) is 14.2 Å². The van der Waals surface area contributed by atoms with Crippen LogP contribution in [0.3, 0.4) is 0 Å². The highest BCUT2D eigenvalue weighted by Gasteiger charge is 2.30. The fourth-order valence-corrected chi connectivity index (χ4v) is 3.15. The van der Waals surface area contributed by atoms with Crippen molar-refractivity contribution in [2.75, 3.05) is 6.61 Å². The standard InChI is InChI=1S/C25H19FO5/c1-16-21(29-15-23(27)30-14-18-5-3-2-4-6-18)12-11-20-24(28)22(31-25(16)20)13-17-7-9-19(26)10-8-17/h2-13H,14-15H2,1H3/b22-13-. The van der Waals surface area contributed by atoms with Crippen molar-refractivity contribution in [3.05, 3.63) is 101 Å². The van der Waals surface area contributed by atoms with Gasteiger partial charge in [-0.25, -0.2) is 9.18 Å². The van der Waals surface area contributed by atoms with E-state index in [1.807, 2.05) is 30.3 Å². The molecule has 3 aromatic carbocycles. The van der Waals surface area contributed by atoms with Crippen molar-refractivity contribution < 1.29 is 28.2 Å². The van der Waals surface area contributed by atoms with E-state index in [1.54, 1.807) is 37.3 Å². The predicted molar refractivity (Wildman–Crippen MR) is 112 cm³/mol. The van der Waals surface area contributed by atoms with E-state index < -0.39 is 5.97 Å². The van der Waals surface area contributed by atoms with Crippen LogP contribution in [0.15, 0.2) is 72.5 Å². The molecule has 4 rings (SSSR count). The molecule has 0 unspecified atom stereocenters. The summed E-state index contributed by atoms with van der Waals surface area (Å²) in [4.78, 5) is 24.6. The number of carbonyl (C=O) groups is 2. The maximum atomic E-state index is 13.1. The lowest BCUT2D eigenvalue weighted by molar-refractivity contribution is -0.147. The van der Waals surface area contributed by atoms with Gasteiger partial charge in [-0.3, -0.25) is 4.79 Å². The molecule has 1 aliphatic rings. The minimum absolute atomic E-state index is 0.143. The van der Waals surface area contributed by atoms with Crippen LogP contribution in [0.25, 0.3) is 6.08 Å². The Labute approximate surface area is 178 Å². The highest BCUT2D eigenvalue weighted by molar-refractivity contribution is 6.14. The number of esters is 1. The Morgan fingerprint density at radius 2 is 1.77 bits per heavy atom. The number of hydrogen-bond acceptors (Lipinski definition) is 5. The average Bonchev–Trinajstić information content (AvgIpc) is 3.10. The molecule has 0 radical (unpaired) electrons. The lowest BCUT2D eigenvalue weighted by Crippen LogP contribution is -2.15. The first-order valence-corrected chi connectivity index (χ1v) is 9.67. The molecule has 156 valence electrons. The molecule has 0 aliphatic carbocycles. The number of fused-ring (bicyclic) bond motifs is 1. The first-order chi connectivity index (χ1) is 15.0. The summed E-state index contributed by atoms with van der Waals surface area (Å²) >= 11 is 0. The Hall–Kier alpha value is -3.93. The first-order valence-electron chi connectivity index (χ1n) is 9.67. The summed E-state index contributed by atoms with van der Waals surface area (Å²) < 4.78 is 29.6. The third kappa shape index (κ3) is 4.64. The minimum Gasteiger partial charge on any atom is -0.481 e. The average molecular weight is 418 g/mol. The quantitative estimate of drug-likeness (QED) is 0.422. The maximum Gasteiger partial charge on any atom is 0.344 e. The Morgan fingerprint density at radius 3 is 2.52 bits per heavy atom. The van der Waals surface area contributed by atoms with Crippen LogP contribution in [0, 0.1) is 12.7 Å². The van der Waals surface area contributed by atoms with Crippen LogP contribution < -0.4 is 9.47 Å². The topological polar surface area (TPSA) is 61.8 Å². The van der Waals surface area contributed by atoms with Crippen molar-refractivity contribution in [1.29, 1.82) is 0 Å². The van der Waals surface area contributed by atoms with Crippen LogP contribution in [0.1, 0.15) is 27.0 Å².